The minimum atomic E-state index is 0. The molecule has 0 N–H and O–H groups in total. The number of rotatable bonds is 0. The fourth-order valence-corrected chi connectivity index (χ4v) is 0.770. The first-order chi connectivity index (χ1) is 6.00. The van der Waals surface area contributed by atoms with Crippen LogP contribution >= 0.6 is 0 Å². The van der Waals surface area contributed by atoms with Gasteiger partial charge in [-0.05, 0) is 0 Å². The van der Waals surface area contributed by atoms with Crippen LogP contribution in [-0.2, 0) is 0 Å². The molecule has 0 bridgehead atoms. The Morgan fingerprint density at radius 1 is 0.188 bits per heavy atom. The summed E-state index contributed by atoms with van der Waals surface area (Å²) in [6.45, 7) is 0. The second kappa shape index (κ2) is 19.1. The average Bonchev–Trinajstić information content (AvgIpc) is 2.24. The molecule has 0 radical (unpaired) electrons. The van der Waals surface area contributed by atoms with Crippen molar-refractivity contribution in [3.63, 3.8) is 0 Å². The zero-order valence-corrected chi connectivity index (χ0v) is 6.93. The third-order valence-corrected chi connectivity index (χ3v) is 1.33. The lowest BCUT2D eigenvalue weighted by atomic mass is 10.4. The van der Waals surface area contributed by atoms with E-state index < -0.39 is 0 Å². The van der Waals surface area contributed by atoms with Gasteiger partial charge in [0.05, 0.1) is 0 Å². The molecule has 0 spiro atoms. The second-order valence-electron chi connectivity index (χ2n) is 2.31. The Labute approximate surface area is 103 Å². The number of benzene rings is 2. The predicted molar refractivity (Wildman–Crippen MR) is 79.8 cm³/mol. The molecule has 0 aliphatic rings. The monoisotopic (exact) mass is 220 g/mol. The molecule has 0 saturated heterocycles. The Morgan fingerprint density at radius 2 is 0.250 bits per heavy atom. The van der Waals surface area contributed by atoms with E-state index in [1.165, 1.54) is 0 Å². The highest BCUT2D eigenvalue weighted by Gasteiger charge is 1.58. The van der Waals surface area contributed by atoms with Gasteiger partial charge in [0.25, 0.3) is 0 Å². The normalized spacial score (nSPS) is 6.00. The van der Waals surface area contributed by atoms with Gasteiger partial charge in [-0.2, -0.15) is 0 Å². The summed E-state index contributed by atoms with van der Waals surface area (Å²) in [6.07, 6.45) is 0. The van der Waals surface area contributed by atoms with Gasteiger partial charge >= 0.3 is 0 Å². The van der Waals surface area contributed by atoms with Gasteiger partial charge < -0.3 is 0 Å². The molecule has 0 amide bonds. The molecule has 0 saturated carbocycles. The summed E-state index contributed by atoms with van der Waals surface area (Å²) < 4.78 is 0. The molecule has 2 aromatic rings. The average molecular weight is 220 g/mol. The van der Waals surface area contributed by atoms with Gasteiger partial charge in [0.15, 0.2) is 0 Å². The Morgan fingerprint density at radius 3 is 0.312 bits per heavy atom. The predicted octanol–water partition coefficient (Wildman–Crippen LogP) is 5.92. The molecule has 16 heavy (non-hydrogen) atoms. The van der Waals surface area contributed by atoms with Crippen LogP contribution in [0.4, 0.5) is 0 Å². The first kappa shape index (κ1) is 23.9. The van der Waals surface area contributed by atoms with Crippen molar-refractivity contribution in [3.05, 3.63) is 72.8 Å². The van der Waals surface area contributed by atoms with Crippen molar-refractivity contribution in [3.8, 4) is 0 Å². The lowest BCUT2D eigenvalue weighted by molar-refractivity contribution is 1.72. The molecule has 92 valence electrons. The molecule has 0 heteroatoms. The Balaban J connectivity index is -0.0000000720. The Hall–Kier alpha value is -1.56. The zero-order valence-electron chi connectivity index (χ0n) is 6.93. The van der Waals surface area contributed by atoms with E-state index in [0.29, 0.717) is 0 Å². The highest BCUT2D eigenvalue weighted by Crippen LogP contribution is 1.80. The standard InChI is InChI=1S/2C6H6.4CH4/c2*1-2-4-6-5-3-1;;;;/h2*1-6H;4*1H4. The Bertz CT molecular complexity index is 175. The van der Waals surface area contributed by atoms with Crippen molar-refractivity contribution < 1.29 is 0 Å². The van der Waals surface area contributed by atoms with Crippen LogP contribution in [0.2, 0.25) is 0 Å². The summed E-state index contributed by atoms with van der Waals surface area (Å²) in [5.41, 5.74) is 0. The van der Waals surface area contributed by atoms with Crippen molar-refractivity contribution in [1.29, 1.82) is 0 Å². The molecule has 0 heterocycles. The maximum atomic E-state index is 2.00. The summed E-state index contributed by atoms with van der Waals surface area (Å²) in [5, 5.41) is 0. The van der Waals surface area contributed by atoms with Crippen LogP contribution in [0, 0.1) is 0 Å². The fraction of sp³-hybridized carbons (Fsp3) is 0.250. The van der Waals surface area contributed by atoms with E-state index in [9.17, 15) is 0 Å². The van der Waals surface area contributed by atoms with Gasteiger partial charge in [0.1, 0.15) is 0 Å². The van der Waals surface area contributed by atoms with Gasteiger partial charge in [0.2, 0.25) is 0 Å². The van der Waals surface area contributed by atoms with E-state index >= 15 is 0 Å². The second-order valence-corrected chi connectivity index (χ2v) is 2.31. The minimum Gasteiger partial charge on any atom is -0.0776 e. The molecule has 0 nitrogen and oxygen atoms in total. The molecule has 0 atom stereocenters. The van der Waals surface area contributed by atoms with Gasteiger partial charge in [-0.25, -0.2) is 0 Å². The number of hydrogen-bond donors (Lipinski definition) is 0. The SMILES string of the molecule is C.C.C.C.c1ccccc1.c1ccccc1. The molecule has 0 aliphatic carbocycles. The maximum absolute atomic E-state index is 2.00. The highest BCUT2D eigenvalue weighted by atomic mass is 13.7. The van der Waals surface area contributed by atoms with E-state index in [4.69, 9.17) is 0 Å². The first-order valence-electron chi connectivity index (χ1n) is 4.00. The van der Waals surface area contributed by atoms with E-state index in [1.807, 2.05) is 72.8 Å². The smallest absolute Gasteiger partial charge is 0.0623 e. The molecule has 0 unspecified atom stereocenters. The minimum absolute atomic E-state index is 0. The summed E-state index contributed by atoms with van der Waals surface area (Å²) in [7, 11) is 0. The quantitative estimate of drug-likeness (QED) is 0.517. The fourth-order valence-electron chi connectivity index (χ4n) is 0.770. The van der Waals surface area contributed by atoms with Crippen LogP contribution in [0.15, 0.2) is 72.8 Å². The van der Waals surface area contributed by atoms with E-state index in [-0.39, 0.29) is 29.7 Å². The van der Waals surface area contributed by atoms with Crippen LogP contribution in [0.3, 0.4) is 0 Å². The van der Waals surface area contributed by atoms with Crippen molar-refractivity contribution >= 4 is 0 Å². The summed E-state index contributed by atoms with van der Waals surface area (Å²) in [6, 6.07) is 24.0. The Kier molecular flexibility index (Phi) is 28.5. The molecule has 0 aromatic heterocycles. The summed E-state index contributed by atoms with van der Waals surface area (Å²) in [5.74, 6) is 0. The van der Waals surface area contributed by atoms with Gasteiger partial charge in [-0.15, -0.1) is 0 Å². The van der Waals surface area contributed by atoms with Crippen LogP contribution in [0.1, 0.15) is 29.7 Å². The molecule has 0 fully saturated rings. The van der Waals surface area contributed by atoms with Crippen LogP contribution < -0.4 is 0 Å². The van der Waals surface area contributed by atoms with Gasteiger partial charge in [-0.3, -0.25) is 0 Å². The van der Waals surface area contributed by atoms with E-state index in [0.717, 1.165) is 0 Å². The third-order valence-electron chi connectivity index (χ3n) is 1.33. The highest BCUT2D eigenvalue weighted by molar-refractivity contribution is 4.99. The van der Waals surface area contributed by atoms with Crippen LogP contribution in [-0.4, -0.2) is 0 Å². The van der Waals surface area contributed by atoms with Crippen LogP contribution in [0.25, 0.3) is 0 Å². The topological polar surface area (TPSA) is 0 Å². The summed E-state index contributed by atoms with van der Waals surface area (Å²) in [4.78, 5) is 0. The molecular formula is C16H28. The summed E-state index contributed by atoms with van der Waals surface area (Å²) >= 11 is 0. The molecule has 0 aliphatic heterocycles. The van der Waals surface area contributed by atoms with Crippen molar-refractivity contribution in [2.24, 2.45) is 0 Å². The molecule has 2 rings (SSSR count). The van der Waals surface area contributed by atoms with Crippen molar-refractivity contribution in [2.45, 2.75) is 29.7 Å². The first-order valence-corrected chi connectivity index (χ1v) is 4.00. The maximum Gasteiger partial charge on any atom is -0.0623 e. The van der Waals surface area contributed by atoms with Crippen LogP contribution in [0.5, 0.6) is 0 Å². The number of hydrogen-bond acceptors (Lipinski definition) is 0. The van der Waals surface area contributed by atoms with Crippen molar-refractivity contribution in [1.82, 2.24) is 0 Å². The van der Waals surface area contributed by atoms with E-state index in [2.05, 4.69) is 0 Å². The lowest BCUT2D eigenvalue weighted by Gasteiger charge is -1.69. The molecular weight excluding hydrogens is 192 g/mol. The van der Waals surface area contributed by atoms with Gasteiger partial charge in [-0.1, -0.05) is 103 Å². The molecule has 2 aromatic carbocycles. The third kappa shape index (κ3) is 14.9. The van der Waals surface area contributed by atoms with Gasteiger partial charge in [0, 0.05) is 0 Å². The van der Waals surface area contributed by atoms with E-state index in [1.54, 1.807) is 0 Å². The lowest BCUT2D eigenvalue weighted by Crippen LogP contribution is -1.47. The zero-order chi connectivity index (χ0) is 8.49. The van der Waals surface area contributed by atoms with Crippen molar-refractivity contribution in [2.75, 3.05) is 0 Å². The largest absolute Gasteiger partial charge is 0.0776 e.